The van der Waals surface area contributed by atoms with Crippen LogP contribution in [-0.2, 0) is 0 Å². The molecule has 94 valence electrons. The Morgan fingerprint density at radius 3 is 2.59 bits per heavy atom. The van der Waals surface area contributed by atoms with Gasteiger partial charge in [-0.05, 0) is 12.1 Å². The zero-order chi connectivity index (χ0) is 13.0. The Kier molecular flexibility index (Phi) is 4.80. The minimum atomic E-state index is -1.40. The van der Waals surface area contributed by atoms with Crippen molar-refractivity contribution in [3.05, 3.63) is 23.3 Å². The molecule has 0 aliphatic heterocycles. The average Bonchev–Trinajstić information content (AvgIpc) is 2.36. The maximum absolute atomic E-state index is 10.8. The van der Waals surface area contributed by atoms with Crippen LogP contribution in [0.4, 0.5) is 0 Å². The van der Waals surface area contributed by atoms with Gasteiger partial charge in [-0.3, -0.25) is 4.79 Å². The summed E-state index contributed by atoms with van der Waals surface area (Å²) < 4.78 is 4.87. The Balaban J connectivity index is 3.32. The van der Waals surface area contributed by atoms with Gasteiger partial charge in [-0.2, -0.15) is 12.6 Å². The SMILES string of the molecule is COc1ccc(C=O)c(C(O)C(O)CS)c1O. The largest absolute Gasteiger partial charge is 0.504 e. The van der Waals surface area contributed by atoms with Crippen LogP contribution in [0, 0.1) is 0 Å². The van der Waals surface area contributed by atoms with Gasteiger partial charge in [0.25, 0.3) is 0 Å². The third-order valence-corrected chi connectivity index (χ3v) is 2.78. The van der Waals surface area contributed by atoms with E-state index in [4.69, 9.17) is 4.74 Å². The Labute approximate surface area is 104 Å². The van der Waals surface area contributed by atoms with Crippen LogP contribution in [0.1, 0.15) is 22.0 Å². The van der Waals surface area contributed by atoms with Gasteiger partial charge in [0, 0.05) is 16.9 Å². The molecule has 0 bridgehead atoms. The summed E-state index contributed by atoms with van der Waals surface area (Å²) in [6, 6.07) is 2.80. The Bertz CT molecular complexity index is 407. The van der Waals surface area contributed by atoms with Gasteiger partial charge in [0.2, 0.25) is 0 Å². The standard InChI is InChI=1S/C11H14O5S/c1-16-8-3-2-6(4-12)9(11(8)15)10(14)7(13)5-17/h2-4,7,10,13-15,17H,5H2,1H3. The number of carbonyl (C=O) groups excluding carboxylic acids is 1. The summed E-state index contributed by atoms with van der Waals surface area (Å²) >= 11 is 3.84. The van der Waals surface area contributed by atoms with Crippen LogP contribution in [0.2, 0.25) is 0 Å². The number of rotatable bonds is 5. The van der Waals surface area contributed by atoms with Crippen molar-refractivity contribution in [3.63, 3.8) is 0 Å². The second kappa shape index (κ2) is 5.90. The summed E-state index contributed by atoms with van der Waals surface area (Å²) in [4.78, 5) is 10.8. The molecule has 6 heteroatoms. The van der Waals surface area contributed by atoms with Gasteiger partial charge < -0.3 is 20.1 Å². The topological polar surface area (TPSA) is 87.0 Å². The molecular formula is C11H14O5S. The second-order valence-electron chi connectivity index (χ2n) is 3.43. The maximum Gasteiger partial charge on any atom is 0.164 e. The molecule has 0 saturated carbocycles. The van der Waals surface area contributed by atoms with Crippen LogP contribution in [0.5, 0.6) is 11.5 Å². The number of hydrogen-bond donors (Lipinski definition) is 4. The molecule has 0 saturated heterocycles. The molecule has 17 heavy (non-hydrogen) atoms. The third kappa shape index (κ3) is 2.71. The van der Waals surface area contributed by atoms with Crippen molar-refractivity contribution in [2.75, 3.05) is 12.9 Å². The molecule has 0 radical (unpaired) electrons. The first-order valence-corrected chi connectivity index (χ1v) is 5.52. The second-order valence-corrected chi connectivity index (χ2v) is 3.80. The van der Waals surface area contributed by atoms with Crippen LogP contribution in [0.25, 0.3) is 0 Å². The molecule has 0 heterocycles. The van der Waals surface area contributed by atoms with Crippen LogP contribution < -0.4 is 4.74 Å². The van der Waals surface area contributed by atoms with Gasteiger partial charge in [-0.1, -0.05) is 0 Å². The zero-order valence-electron chi connectivity index (χ0n) is 9.20. The van der Waals surface area contributed by atoms with E-state index in [9.17, 15) is 20.1 Å². The maximum atomic E-state index is 10.8. The molecule has 0 fully saturated rings. The van der Waals surface area contributed by atoms with E-state index in [1.54, 1.807) is 0 Å². The summed E-state index contributed by atoms with van der Waals surface area (Å²) in [6.45, 7) is 0. The lowest BCUT2D eigenvalue weighted by Crippen LogP contribution is -2.21. The van der Waals surface area contributed by atoms with Crippen molar-refractivity contribution in [2.24, 2.45) is 0 Å². The van der Waals surface area contributed by atoms with Gasteiger partial charge in [0.1, 0.15) is 6.10 Å². The van der Waals surface area contributed by atoms with E-state index in [-0.39, 0.29) is 28.4 Å². The highest BCUT2D eigenvalue weighted by Gasteiger charge is 2.25. The van der Waals surface area contributed by atoms with E-state index in [0.29, 0.717) is 6.29 Å². The quantitative estimate of drug-likeness (QED) is 0.457. The van der Waals surface area contributed by atoms with Crippen LogP contribution in [0.3, 0.4) is 0 Å². The number of aliphatic hydroxyl groups is 2. The highest BCUT2D eigenvalue weighted by molar-refractivity contribution is 7.80. The highest BCUT2D eigenvalue weighted by Crippen LogP contribution is 2.37. The molecule has 0 aliphatic rings. The fourth-order valence-electron chi connectivity index (χ4n) is 1.47. The first kappa shape index (κ1) is 13.8. The van der Waals surface area contributed by atoms with E-state index in [2.05, 4.69) is 12.6 Å². The number of ether oxygens (including phenoxy) is 1. The summed E-state index contributed by atoms with van der Waals surface area (Å²) in [5.74, 6) is -0.239. The number of hydrogen-bond acceptors (Lipinski definition) is 6. The molecule has 2 atom stereocenters. The van der Waals surface area contributed by atoms with E-state index < -0.39 is 12.2 Å². The lowest BCUT2D eigenvalue weighted by molar-refractivity contribution is 0.0316. The predicted molar refractivity (Wildman–Crippen MR) is 64.9 cm³/mol. The normalized spacial score (nSPS) is 14.1. The Morgan fingerprint density at radius 1 is 1.47 bits per heavy atom. The van der Waals surface area contributed by atoms with Crippen molar-refractivity contribution >= 4 is 18.9 Å². The number of methoxy groups -OCH3 is 1. The lowest BCUT2D eigenvalue weighted by atomic mass is 9.98. The van der Waals surface area contributed by atoms with Gasteiger partial charge >= 0.3 is 0 Å². The molecule has 5 nitrogen and oxygen atoms in total. The minimum absolute atomic E-state index is 0.00386. The summed E-state index contributed by atoms with van der Waals surface area (Å²) in [7, 11) is 1.35. The lowest BCUT2D eigenvalue weighted by Gasteiger charge is -2.20. The summed E-state index contributed by atoms with van der Waals surface area (Å²) in [5.41, 5.74) is 0.0394. The number of aldehydes is 1. The number of phenolic OH excluding ortho intramolecular Hbond substituents is 1. The van der Waals surface area contributed by atoms with E-state index >= 15 is 0 Å². The molecular weight excluding hydrogens is 244 g/mol. The van der Waals surface area contributed by atoms with Crippen molar-refractivity contribution in [1.29, 1.82) is 0 Å². The van der Waals surface area contributed by atoms with Gasteiger partial charge in [-0.25, -0.2) is 0 Å². The minimum Gasteiger partial charge on any atom is -0.504 e. The monoisotopic (exact) mass is 258 g/mol. The zero-order valence-corrected chi connectivity index (χ0v) is 10.1. The molecule has 0 aliphatic carbocycles. The fraction of sp³-hybridized carbons (Fsp3) is 0.364. The molecule has 1 aromatic rings. The van der Waals surface area contributed by atoms with Crippen LogP contribution in [0.15, 0.2) is 12.1 Å². The third-order valence-electron chi connectivity index (χ3n) is 2.41. The van der Waals surface area contributed by atoms with Crippen molar-refractivity contribution < 1.29 is 24.9 Å². The number of carbonyl (C=O) groups is 1. The molecule has 3 N–H and O–H groups in total. The first-order chi connectivity index (χ1) is 8.06. The predicted octanol–water partition coefficient (Wildman–Crippen LogP) is 0.537. The Morgan fingerprint density at radius 2 is 2.12 bits per heavy atom. The van der Waals surface area contributed by atoms with Crippen LogP contribution in [-0.4, -0.2) is 40.6 Å². The number of aromatic hydroxyl groups is 1. The number of benzene rings is 1. The highest BCUT2D eigenvalue weighted by atomic mass is 32.1. The fourth-order valence-corrected chi connectivity index (χ4v) is 1.67. The summed E-state index contributed by atoms with van der Waals surface area (Å²) in [6.07, 6.45) is -2.10. The smallest absolute Gasteiger partial charge is 0.164 e. The van der Waals surface area contributed by atoms with Crippen LogP contribution >= 0.6 is 12.6 Å². The first-order valence-electron chi connectivity index (χ1n) is 4.88. The van der Waals surface area contributed by atoms with Gasteiger partial charge in [0.05, 0.1) is 13.2 Å². The van der Waals surface area contributed by atoms with Crippen molar-refractivity contribution in [1.82, 2.24) is 0 Å². The molecule has 1 rings (SSSR count). The average molecular weight is 258 g/mol. The Hall–Kier alpha value is -1.24. The van der Waals surface area contributed by atoms with Crippen molar-refractivity contribution in [2.45, 2.75) is 12.2 Å². The molecule has 2 unspecified atom stereocenters. The molecule has 1 aromatic carbocycles. The van der Waals surface area contributed by atoms with Crippen molar-refractivity contribution in [3.8, 4) is 11.5 Å². The van der Waals surface area contributed by atoms with E-state index in [1.165, 1.54) is 19.2 Å². The number of phenols is 1. The van der Waals surface area contributed by atoms with Gasteiger partial charge in [-0.15, -0.1) is 0 Å². The van der Waals surface area contributed by atoms with E-state index in [0.717, 1.165) is 0 Å². The number of thiol groups is 1. The molecule has 0 amide bonds. The van der Waals surface area contributed by atoms with Gasteiger partial charge in [0.15, 0.2) is 17.8 Å². The number of aliphatic hydroxyl groups excluding tert-OH is 2. The molecule has 0 spiro atoms. The summed E-state index contributed by atoms with van der Waals surface area (Å²) in [5, 5.41) is 29.2. The van der Waals surface area contributed by atoms with E-state index in [1.807, 2.05) is 0 Å². The molecule has 0 aromatic heterocycles.